The van der Waals surface area contributed by atoms with Crippen LogP contribution in [0.3, 0.4) is 0 Å². The van der Waals surface area contributed by atoms with Gasteiger partial charge in [-0.1, -0.05) is 13.8 Å². The minimum absolute atomic E-state index is 0.854. The zero-order chi connectivity index (χ0) is 13.2. The van der Waals surface area contributed by atoms with E-state index in [1.54, 1.807) is 0 Å². The normalized spacial score (nSPS) is 16.1. The Balaban J connectivity index is 2.20. The maximum absolute atomic E-state index is 4.62. The van der Waals surface area contributed by atoms with Gasteiger partial charge in [-0.2, -0.15) is 0 Å². The first-order chi connectivity index (χ1) is 8.80. The molecule has 0 aliphatic heterocycles. The SMILES string of the molecule is CCCN(CC)CCNC(=NCC1CC1)NCC. The van der Waals surface area contributed by atoms with Crippen molar-refractivity contribution in [1.29, 1.82) is 0 Å². The largest absolute Gasteiger partial charge is 0.357 e. The smallest absolute Gasteiger partial charge is 0.191 e. The molecule has 1 saturated carbocycles. The summed E-state index contributed by atoms with van der Waals surface area (Å²) in [7, 11) is 0. The van der Waals surface area contributed by atoms with Crippen LogP contribution in [-0.2, 0) is 0 Å². The van der Waals surface area contributed by atoms with E-state index in [9.17, 15) is 0 Å². The molecule has 18 heavy (non-hydrogen) atoms. The molecule has 0 spiro atoms. The summed E-state index contributed by atoms with van der Waals surface area (Å²) in [6, 6.07) is 0. The number of nitrogens with one attached hydrogen (secondary N) is 2. The number of likely N-dealkylation sites (N-methyl/N-ethyl adjacent to an activating group) is 1. The van der Waals surface area contributed by atoms with Crippen LogP contribution in [0.5, 0.6) is 0 Å². The lowest BCUT2D eigenvalue weighted by atomic mass is 10.4. The molecule has 0 aromatic heterocycles. The second kappa shape index (κ2) is 9.20. The Morgan fingerprint density at radius 2 is 1.94 bits per heavy atom. The molecule has 106 valence electrons. The van der Waals surface area contributed by atoms with Gasteiger partial charge in [-0.05, 0) is 45.2 Å². The summed E-state index contributed by atoms with van der Waals surface area (Å²) in [4.78, 5) is 7.09. The third-order valence-corrected chi connectivity index (χ3v) is 3.26. The molecule has 1 rings (SSSR count). The summed E-state index contributed by atoms with van der Waals surface area (Å²) >= 11 is 0. The van der Waals surface area contributed by atoms with Gasteiger partial charge >= 0.3 is 0 Å². The lowest BCUT2D eigenvalue weighted by Crippen LogP contribution is -2.41. The van der Waals surface area contributed by atoms with Crippen molar-refractivity contribution < 1.29 is 0 Å². The van der Waals surface area contributed by atoms with Gasteiger partial charge in [0.2, 0.25) is 0 Å². The van der Waals surface area contributed by atoms with Gasteiger partial charge in [0.1, 0.15) is 0 Å². The Morgan fingerprint density at radius 3 is 2.50 bits per heavy atom. The average Bonchev–Trinajstić information content (AvgIpc) is 3.18. The van der Waals surface area contributed by atoms with Crippen molar-refractivity contribution >= 4 is 5.96 Å². The first-order valence-electron chi connectivity index (χ1n) is 7.54. The van der Waals surface area contributed by atoms with E-state index in [1.165, 1.54) is 25.8 Å². The van der Waals surface area contributed by atoms with Gasteiger partial charge in [-0.15, -0.1) is 0 Å². The first kappa shape index (κ1) is 15.3. The highest BCUT2D eigenvalue weighted by atomic mass is 15.2. The van der Waals surface area contributed by atoms with E-state index in [2.05, 4.69) is 41.3 Å². The van der Waals surface area contributed by atoms with E-state index in [1.807, 2.05) is 0 Å². The van der Waals surface area contributed by atoms with Gasteiger partial charge in [0.25, 0.3) is 0 Å². The van der Waals surface area contributed by atoms with Crippen LogP contribution in [0.4, 0.5) is 0 Å². The number of guanidine groups is 1. The molecule has 0 bridgehead atoms. The maximum Gasteiger partial charge on any atom is 0.191 e. The van der Waals surface area contributed by atoms with Crippen LogP contribution in [-0.4, -0.2) is 50.1 Å². The van der Waals surface area contributed by atoms with Crippen molar-refractivity contribution in [3.05, 3.63) is 0 Å². The molecule has 2 N–H and O–H groups in total. The molecule has 1 fully saturated rings. The summed E-state index contributed by atoms with van der Waals surface area (Å²) in [5, 5.41) is 6.73. The van der Waals surface area contributed by atoms with Gasteiger partial charge in [0.15, 0.2) is 5.96 Å². The van der Waals surface area contributed by atoms with Crippen LogP contribution in [0.25, 0.3) is 0 Å². The molecule has 1 aliphatic rings. The molecule has 4 nitrogen and oxygen atoms in total. The van der Waals surface area contributed by atoms with E-state index in [0.29, 0.717) is 0 Å². The van der Waals surface area contributed by atoms with Gasteiger partial charge in [-0.25, -0.2) is 0 Å². The van der Waals surface area contributed by atoms with Crippen LogP contribution in [0, 0.1) is 5.92 Å². The number of nitrogens with zero attached hydrogens (tertiary/aromatic N) is 2. The van der Waals surface area contributed by atoms with E-state index < -0.39 is 0 Å². The summed E-state index contributed by atoms with van der Waals surface area (Å²) in [6.45, 7) is 12.9. The monoisotopic (exact) mass is 254 g/mol. The minimum Gasteiger partial charge on any atom is -0.357 e. The Morgan fingerprint density at radius 1 is 1.17 bits per heavy atom. The van der Waals surface area contributed by atoms with Crippen LogP contribution in [0.1, 0.15) is 40.0 Å². The van der Waals surface area contributed by atoms with Crippen LogP contribution < -0.4 is 10.6 Å². The highest BCUT2D eigenvalue weighted by molar-refractivity contribution is 5.79. The molecular formula is C14H30N4. The topological polar surface area (TPSA) is 39.7 Å². The number of rotatable bonds is 9. The summed E-state index contributed by atoms with van der Waals surface area (Å²) in [5.74, 6) is 1.84. The molecule has 0 amide bonds. The Kier molecular flexibility index (Phi) is 7.81. The van der Waals surface area contributed by atoms with E-state index >= 15 is 0 Å². The third kappa shape index (κ3) is 6.84. The molecule has 0 aromatic rings. The highest BCUT2D eigenvalue weighted by Gasteiger charge is 2.20. The third-order valence-electron chi connectivity index (χ3n) is 3.26. The quantitative estimate of drug-likeness (QED) is 0.486. The van der Waals surface area contributed by atoms with E-state index in [4.69, 9.17) is 0 Å². The first-order valence-corrected chi connectivity index (χ1v) is 7.54. The lowest BCUT2D eigenvalue weighted by molar-refractivity contribution is 0.293. The van der Waals surface area contributed by atoms with Crippen molar-refractivity contribution in [3.8, 4) is 0 Å². The molecule has 0 radical (unpaired) electrons. The van der Waals surface area contributed by atoms with Crippen molar-refractivity contribution in [3.63, 3.8) is 0 Å². The molecule has 4 heteroatoms. The number of hydrogen-bond donors (Lipinski definition) is 2. The van der Waals surface area contributed by atoms with Gasteiger partial charge in [0, 0.05) is 26.2 Å². The Bertz CT molecular complexity index is 236. The molecule has 1 aliphatic carbocycles. The fraction of sp³-hybridized carbons (Fsp3) is 0.929. The molecule has 0 heterocycles. The molecule has 0 atom stereocenters. The maximum atomic E-state index is 4.62. The predicted molar refractivity (Wildman–Crippen MR) is 79.1 cm³/mol. The molecular weight excluding hydrogens is 224 g/mol. The fourth-order valence-electron chi connectivity index (χ4n) is 1.94. The van der Waals surface area contributed by atoms with Crippen LogP contribution in [0.15, 0.2) is 4.99 Å². The highest BCUT2D eigenvalue weighted by Crippen LogP contribution is 2.28. The molecule has 0 unspecified atom stereocenters. The predicted octanol–water partition coefficient (Wildman–Crippen LogP) is 1.68. The molecule has 0 aromatic carbocycles. The van der Waals surface area contributed by atoms with Crippen LogP contribution >= 0.6 is 0 Å². The lowest BCUT2D eigenvalue weighted by Gasteiger charge is -2.20. The Hall–Kier alpha value is -0.770. The Labute approximate surface area is 112 Å². The zero-order valence-corrected chi connectivity index (χ0v) is 12.3. The second-order valence-corrected chi connectivity index (χ2v) is 5.02. The van der Waals surface area contributed by atoms with E-state index in [-0.39, 0.29) is 0 Å². The molecule has 0 saturated heterocycles. The van der Waals surface area contributed by atoms with Crippen molar-refractivity contribution in [2.45, 2.75) is 40.0 Å². The summed E-state index contributed by atoms with van der Waals surface area (Å²) in [5.41, 5.74) is 0. The fourth-order valence-corrected chi connectivity index (χ4v) is 1.94. The number of hydrogen-bond acceptors (Lipinski definition) is 2. The van der Waals surface area contributed by atoms with Gasteiger partial charge in [0.05, 0.1) is 0 Å². The van der Waals surface area contributed by atoms with Crippen molar-refractivity contribution in [2.24, 2.45) is 10.9 Å². The average molecular weight is 254 g/mol. The standard InChI is InChI=1S/C14H30N4/c1-4-10-18(6-3)11-9-16-14(15-5-2)17-12-13-7-8-13/h13H,4-12H2,1-3H3,(H2,15,16,17). The van der Waals surface area contributed by atoms with Gasteiger partial charge < -0.3 is 15.5 Å². The summed E-state index contributed by atoms with van der Waals surface area (Å²) in [6.07, 6.45) is 3.95. The number of aliphatic imine (C=N–C) groups is 1. The summed E-state index contributed by atoms with van der Waals surface area (Å²) < 4.78 is 0. The van der Waals surface area contributed by atoms with Crippen molar-refractivity contribution in [1.82, 2.24) is 15.5 Å². The van der Waals surface area contributed by atoms with Crippen LogP contribution in [0.2, 0.25) is 0 Å². The van der Waals surface area contributed by atoms with Gasteiger partial charge in [-0.3, -0.25) is 4.99 Å². The van der Waals surface area contributed by atoms with Crippen molar-refractivity contribution in [2.75, 3.05) is 39.3 Å². The van der Waals surface area contributed by atoms with E-state index in [0.717, 1.165) is 44.6 Å². The second-order valence-electron chi connectivity index (χ2n) is 5.02. The minimum atomic E-state index is 0.854. The zero-order valence-electron chi connectivity index (χ0n) is 12.3.